The Hall–Kier alpha value is -4.04. The molecule has 0 fully saturated rings. The second-order valence-electron chi connectivity index (χ2n) is 8.95. The largest absolute Gasteiger partial charge is 0.454 e. The molecule has 1 atom stereocenters. The van der Waals surface area contributed by atoms with E-state index >= 15 is 0 Å². The van der Waals surface area contributed by atoms with Gasteiger partial charge in [0.25, 0.3) is 11.8 Å². The monoisotopic (exact) mass is 488 g/mol. The Balaban J connectivity index is 1.49. The van der Waals surface area contributed by atoms with Crippen molar-refractivity contribution in [3.63, 3.8) is 0 Å². The van der Waals surface area contributed by atoms with E-state index < -0.39 is 24.4 Å². The number of ketones is 1. The minimum absolute atomic E-state index is 0.0463. The molecular formula is C28H28N2O6. The highest BCUT2D eigenvalue weighted by atomic mass is 16.5. The smallest absolute Gasteiger partial charge is 0.338 e. The maximum absolute atomic E-state index is 13.0. The number of aromatic nitrogens is 1. The van der Waals surface area contributed by atoms with Crippen LogP contribution in [-0.4, -0.2) is 48.5 Å². The van der Waals surface area contributed by atoms with E-state index in [1.807, 2.05) is 44.4 Å². The molecule has 4 rings (SSSR count). The molecule has 2 amide bonds. The molecule has 0 saturated heterocycles. The number of ether oxygens (including phenoxy) is 2. The molecule has 8 heteroatoms. The van der Waals surface area contributed by atoms with Crippen LogP contribution >= 0.6 is 0 Å². The van der Waals surface area contributed by atoms with Gasteiger partial charge in [-0.15, -0.1) is 0 Å². The zero-order chi connectivity index (χ0) is 26.1. The topological polar surface area (TPSA) is 94.9 Å². The number of nitrogens with zero attached hydrogens (tertiary/aromatic N) is 2. The molecule has 2 aromatic carbocycles. The second kappa shape index (κ2) is 9.91. The molecule has 0 spiro atoms. The first-order valence-electron chi connectivity index (χ1n) is 11.6. The molecule has 1 aliphatic rings. The normalized spacial score (nSPS) is 13.6. The summed E-state index contributed by atoms with van der Waals surface area (Å²) in [7, 11) is 1.62. The van der Waals surface area contributed by atoms with Crippen molar-refractivity contribution < 1.29 is 28.7 Å². The molecule has 0 bridgehead atoms. The summed E-state index contributed by atoms with van der Waals surface area (Å²) >= 11 is 0. The number of methoxy groups -OCH3 is 1. The highest BCUT2D eigenvalue weighted by Gasteiger charge is 2.37. The number of carbonyl (C=O) groups is 4. The molecule has 1 aliphatic heterocycles. The van der Waals surface area contributed by atoms with E-state index in [0.29, 0.717) is 17.9 Å². The zero-order valence-electron chi connectivity index (χ0n) is 21.0. The Labute approximate surface area is 209 Å². The van der Waals surface area contributed by atoms with Crippen LogP contribution in [0.4, 0.5) is 5.69 Å². The van der Waals surface area contributed by atoms with E-state index in [1.165, 1.54) is 18.2 Å². The molecule has 186 valence electrons. The maximum Gasteiger partial charge on any atom is 0.338 e. The summed E-state index contributed by atoms with van der Waals surface area (Å²) in [6, 6.07) is 13.1. The van der Waals surface area contributed by atoms with Crippen LogP contribution in [-0.2, 0) is 9.47 Å². The lowest BCUT2D eigenvalue weighted by atomic mass is 10.1. The quantitative estimate of drug-likeness (QED) is 0.264. The lowest BCUT2D eigenvalue weighted by Crippen LogP contribution is -2.29. The Morgan fingerprint density at radius 3 is 2.33 bits per heavy atom. The molecule has 8 nitrogen and oxygen atoms in total. The Kier molecular flexibility index (Phi) is 6.90. The third-order valence-corrected chi connectivity index (χ3v) is 6.45. The molecule has 0 N–H and O–H groups in total. The van der Waals surface area contributed by atoms with Gasteiger partial charge in [-0.25, -0.2) is 9.69 Å². The molecule has 3 aromatic rings. The fourth-order valence-electron chi connectivity index (χ4n) is 4.75. The number of para-hydroxylation sites is 1. The van der Waals surface area contributed by atoms with E-state index in [2.05, 4.69) is 0 Å². The number of Topliss-reactive ketones (excluding diaryl/α,β-unsaturated/α-hetero) is 1. The van der Waals surface area contributed by atoms with Crippen LogP contribution in [0.15, 0.2) is 48.5 Å². The molecule has 2 heterocycles. The molecular weight excluding hydrogens is 460 g/mol. The average Bonchev–Trinajstić information content (AvgIpc) is 3.29. The number of anilines is 1. The van der Waals surface area contributed by atoms with Gasteiger partial charge in [0.2, 0.25) is 5.78 Å². The fraction of sp³-hybridized carbons (Fsp3) is 0.286. The molecule has 0 radical (unpaired) electrons. The van der Waals surface area contributed by atoms with Crippen molar-refractivity contribution in [3.05, 3.63) is 87.7 Å². The van der Waals surface area contributed by atoms with Crippen LogP contribution in [0.1, 0.15) is 71.3 Å². The van der Waals surface area contributed by atoms with E-state index in [9.17, 15) is 19.2 Å². The number of fused-ring (bicyclic) bond motifs is 1. The summed E-state index contributed by atoms with van der Waals surface area (Å²) in [5.74, 6) is -2.03. The van der Waals surface area contributed by atoms with E-state index in [4.69, 9.17) is 9.47 Å². The SMILES string of the molecule is COC[C@@H](C)n1c(C)cc(C(=O)COC(=O)c2ccc3c(c2)C(=O)N(c2ccccc2C)C3=O)c1C. The van der Waals surface area contributed by atoms with Crippen LogP contribution in [0.5, 0.6) is 0 Å². The summed E-state index contributed by atoms with van der Waals surface area (Å²) in [6.07, 6.45) is 0. The second-order valence-corrected chi connectivity index (χ2v) is 8.95. The van der Waals surface area contributed by atoms with Crippen LogP contribution in [0.3, 0.4) is 0 Å². The molecule has 0 saturated carbocycles. The summed E-state index contributed by atoms with van der Waals surface area (Å²) < 4.78 is 12.5. The summed E-state index contributed by atoms with van der Waals surface area (Å²) in [6.45, 7) is 7.62. The van der Waals surface area contributed by atoms with Gasteiger partial charge in [0.1, 0.15) is 0 Å². The van der Waals surface area contributed by atoms with Gasteiger partial charge in [-0.1, -0.05) is 18.2 Å². The number of aryl methyl sites for hydroxylation is 2. The van der Waals surface area contributed by atoms with E-state index in [1.54, 1.807) is 25.3 Å². The minimum atomic E-state index is -0.748. The van der Waals surface area contributed by atoms with Gasteiger partial charge < -0.3 is 14.0 Å². The molecule has 0 unspecified atom stereocenters. The lowest BCUT2D eigenvalue weighted by molar-refractivity contribution is 0.0474. The van der Waals surface area contributed by atoms with Crippen molar-refractivity contribution in [1.29, 1.82) is 0 Å². The summed E-state index contributed by atoms with van der Waals surface area (Å²) in [4.78, 5) is 52.6. The van der Waals surface area contributed by atoms with Crippen molar-refractivity contribution >= 4 is 29.3 Å². The van der Waals surface area contributed by atoms with E-state index in [-0.39, 0.29) is 28.5 Å². The van der Waals surface area contributed by atoms with E-state index in [0.717, 1.165) is 21.9 Å². The molecule has 1 aromatic heterocycles. The van der Waals surface area contributed by atoms with Crippen molar-refractivity contribution in [2.45, 2.75) is 33.7 Å². The first kappa shape index (κ1) is 25.1. The van der Waals surface area contributed by atoms with Crippen molar-refractivity contribution in [1.82, 2.24) is 4.57 Å². The number of benzene rings is 2. The van der Waals surface area contributed by atoms with Crippen LogP contribution < -0.4 is 4.90 Å². The summed E-state index contributed by atoms with van der Waals surface area (Å²) in [5, 5.41) is 0. The molecule has 0 aliphatic carbocycles. The number of rotatable bonds is 8. The minimum Gasteiger partial charge on any atom is -0.454 e. The average molecular weight is 489 g/mol. The number of hydrogen-bond acceptors (Lipinski definition) is 6. The molecule has 36 heavy (non-hydrogen) atoms. The highest BCUT2D eigenvalue weighted by molar-refractivity contribution is 6.35. The lowest BCUT2D eigenvalue weighted by Gasteiger charge is -2.17. The fourth-order valence-corrected chi connectivity index (χ4v) is 4.75. The van der Waals surface area contributed by atoms with Crippen molar-refractivity contribution in [2.24, 2.45) is 0 Å². The van der Waals surface area contributed by atoms with Gasteiger partial charge in [0.05, 0.1) is 35.0 Å². The number of hydrogen-bond donors (Lipinski definition) is 0. The van der Waals surface area contributed by atoms with Gasteiger partial charge in [0, 0.05) is 24.1 Å². The van der Waals surface area contributed by atoms with Gasteiger partial charge in [-0.2, -0.15) is 0 Å². The predicted molar refractivity (Wildman–Crippen MR) is 134 cm³/mol. The van der Waals surface area contributed by atoms with Crippen LogP contribution in [0.25, 0.3) is 0 Å². The van der Waals surface area contributed by atoms with Gasteiger partial charge in [-0.3, -0.25) is 14.4 Å². The Bertz CT molecular complexity index is 1390. The van der Waals surface area contributed by atoms with Gasteiger partial charge >= 0.3 is 5.97 Å². The standard InChI is InChI=1S/C28H28N2O6/c1-16-8-6-7-9-24(16)30-26(32)21-11-10-20(13-23(21)27(30)33)28(34)36-15-25(31)22-12-17(2)29(19(22)4)18(3)14-35-5/h6-13,18H,14-15H2,1-5H3/t18-/m1/s1. The van der Waals surface area contributed by atoms with Gasteiger partial charge in [0.15, 0.2) is 6.61 Å². The number of carbonyl (C=O) groups excluding carboxylic acids is 4. The predicted octanol–water partition coefficient (Wildman–Crippen LogP) is 4.46. The van der Waals surface area contributed by atoms with Crippen molar-refractivity contribution in [2.75, 3.05) is 25.2 Å². The number of imide groups is 1. The van der Waals surface area contributed by atoms with Crippen molar-refractivity contribution in [3.8, 4) is 0 Å². The third-order valence-electron chi connectivity index (χ3n) is 6.45. The third kappa shape index (κ3) is 4.35. The maximum atomic E-state index is 13.0. The Morgan fingerprint density at radius 2 is 1.64 bits per heavy atom. The first-order chi connectivity index (χ1) is 17.1. The first-order valence-corrected chi connectivity index (χ1v) is 11.6. The van der Waals surface area contributed by atoms with Crippen LogP contribution in [0.2, 0.25) is 0 Å². The number of esters is 1. The zero-order valence-corrected chi connectivity index (χ0v) is 21.0. The highest BCUT2D eigenvalue weighted by Crippen LogP contribution is 2.31. The summed E-state index contributed by atoms with van der Waals surface area (Å²) in [5.41, 5.74) is 3.87. The van der Waals surface area contributed by atoms with Crippen LogP contribution in [0, 0.1) is 20.8 Å². The van der Waals surface area contributed by atoms with Gasteiger partial charge in [-0.05, 0) is 63.6 Å². The number of amides is 2. The Morgan fingerprint density at radius 1 is 0.944 bits per heavy atom.